The highest BCUT2D eigenvalue weighted by Crippen LogP contribution is 2.30. The molecule has 2 N–H and O–H groups in total. The average molecular weight is 331 g/mol. The number of hydrogen-bond acceptors (Lipinski definition) is 2. The molecule has 2 atom stereocenters. The number of carbonyl (C=O) groups is 1. The van der Waals surface area contributed by atoms with E-state index in [1.165, 1.54) is 5.56 Å². The fourth-order valence-electron chi connectivity index (χ4n) is 3.15. The van der Waals surface area contributed by atoms with Crippen molar-refractivity contribution in [2.45, 2.75) is 25.8 Å². The van der Waals surface area contributed by atoms with Crippen molar-refractivity contribution in [2.75, 3.05) is 11.4 Å². The number of fused-ring (bicyclic) bond motifs is 1. The van der Waals surface area contributed by atoms with E-state index in [1.54, 1.807) is 0 Å². The lowest BCUT2D eigenvalue weighted by atomic mass is 9.93. The second kappa shape index (κ2) is 7.62. The van der Waals surface area contributed by atoms with Crippen LogP contribution in [0.5, 0.6) is 0 Å². The molecule has 1 aliphatic heterocycles. The van der Waals surface area contributed by atoms with Gasteiger partial charge in [0, 0.05) is 24.7 Å². The standard InChI is InChI=1S/C19H22N2O.ClH/c1-14-11-16-9-5-6-10-18(16)21(13-14)19(22)12-17(20)15-7-3-2-4-8-15;/h2-10,14,17H,11-13,20H2,1H3;1H. The smallest absolute Gasteiger partial charge is 0.228 e. The van der Waals surface area contributed by atoms with Crippen molar-refractivity contribution in [1.82, 2.24) is 0 Å². The van der Waals surface area contributed by atoms with Gasteiger partial charge >= 0.3 is 0 Å². The largest absolute Gasteiger partial charge is 0.324 e. The Morgan fingerprint density at radius 3 is 2.57 bits per heavy atom. The summed E-state index contributed by atoms with van der Waals surface area (Å²) in [7, 11) is 0. The van der Waals surface area contributed by atoms with E-state index < -0.39 is 0 Å². The molecule has 4 heteroatoms. The molecule has 0 saturated heterocycles. The van der Waals surface area contributed by atoms with Crippen LogP contribution >= 0.6 is 12.4 Å². The minimum absolute atomic E-state index is 0. The molecule has 1 heterocycles. The van der Waals surface area contributed by atoms with Gasteiger partial charge in [-0.05, 0) is 29.5 Å². The van der Waals surface area contributed by atoms with Gasteiger partial charge in [-0.3, -0.25) is 4.79 Å². The molecule has 2 unspecified atom stereocenters. The van der Waals surface area contributed by atoms with Gasteiger partial charge in [0.15, 0.2) is 0 Å². The lowest BCUT2D eigenvalue weighted by Gasteiger charge is -2.33. The van der Waals surface area contributed by atoms with E-state index in [9.17, 15) is 4.79 Å². The normalized spacial score (nSPS) is 17.8. The first-order valence-electron chi connectivity index (χ1n) is 7.84. The summed E-state index contributed by atoms with van der Waals surface area (Å²) < 4.78 is 0. The Bertz CT molecular complexity index is 659. The van der Waals surface area contributed by atoms with Crippen LogP contribution in [0.2, 0.25) is 0 Å². The molecule has 23 heavy (non-hydrogen) atoms. The maximum Gasteiger partial charge on any atom is 0.228 e. The Kier molecular flexibility index (Phi) is 5.80. The molecule has 122 valence electrons. The number of amides is 1. The van der Waals surface area contributed by atoms with Gasteiger partial charge < -0.3 is 10.6 Å². The van der Waals surface area contributed by atoms with Crippen molar-refractivity contribution in [2.24, 2.45) is 11.7 Å². The fourth-order valence-corrected chi connectivity index (χ4v) is 3.15. The van der Waals surface area contributed by atoms with Gasteiger partial charge in [0.05, 0.1) is 0 Å². The van der Waals surface area contributed by atoms with Gasteiger partial charge in [0.2, 0.25) is 5.91 Å². The van der Waals surface area contributed by atoms with Crippen LogP contribution in [0, 0.1) is 5.92 Å². The number of hydrogen-bond donors (Lipinski definition) is 1. The molecule has 2 aromatic rings. The zero-order valence-electron chi connectivity index (χ0n) is 13.3. The Balaban J connectivity index is 0.00000192. The number of rotatable bonds is 3. The third kappa shape index (κ3) is 3.92. The molecular weight excluding hydrogens is 308 g/mol. The van der Waals surface area contributed by atoms with Gasteiger partial charge in [0.25, 0.3) is 0 Å². The summed E-state index contributed by atoms with van der Waals surface area (Å²) in [5.74, 6) is 0.585. The number of halogens is 1. The lowest BCUT2D eigenvalue weighted by Crippen LogP contribution is -2.40. The molecule has 3 rings (SSSR count). The summed E-state index contributed by atoms with van der Waals surface area (Å²) in [6.07, 6.45) is 1.37. The Hall–Kier alpha value is -1.84. The van der Waals surface area contributed by atoms with Crippen LogP contribution in [0.3, 0.4) is 0 Å². The van der Waals surface area contributed by atoms with Gasteiger partial charge in [0.1, 0.15) is 0 Å². The highest BCUT2D eigenvalue weighted by Gasteiger charge is 2.27. The second-order valence-electron chi connectivity index (χ2n) is 6.16. The molecule has 3 nitrogen and oxygen atoms in total. The number of anilines is 1. The van der Waals surface area contributed by atoms with Crippen LogP contribution < -0.4 is 10.6 Å². The van der Waals surface area contributed by atoms with Crippen molar-refractivity contribution in [3.63, 3.8) is 0 Å². The van der Waals surface area contributed by atoms with Crippen molar-refractivity contribution in [3.8, 4) is 0 Å². The maximum absolute atomic E-state index is 12.7. The average Bonchev–Trinajstić information content (AvgIpc) is 2.54. The highest BCUT2D eigenvalue weighted by molar-refractivity contribution is 5.95. The lowest BCUT2D eigenvalue weighted by molar-refractivity contribution is -0.119. The van der Waals surface area contributed by atoms with Crippen LogP contribution in [0.15, 0.2) is 54.6 Å². The van der Waals surface area contributed by atoms with Gasteiger partial charge in [-0.15, -0.1) is 12.4 Å². The van der Waals surface area contributed by atoms with E-state index in [4.69, 9.17) is 5.73 Å². The molecule has 0 bridgehead atoms. The first kappa shape index (κ1) is 17.5. The van der Waals surface area contributed by atoms with E-state index >= 15 is 0 Å². The maximum atomic E-state index is 12.7. The van der Waals surface area contributed by atoms with E-state index in [0.717, 1.165) is 24.2 Å². The van der Waals surface area contributed by atoms with Gasteiger partial charge in [-0.2, -0.15) is 0 Å². The molecule has 0 radical (unpaired) electrons. The number of nitrogens with two attached hydrogens (primary N) is 1. The zero-order chi connectivity index (χ0) is 15.5. The molecule has 2 aromatic carbocycles. The topological polar surface area (TPSA) is 46.3 Å². The van der Waals surface area contributed by atoms with Crippen molar-refractivity contribution in [3.05, 3.63) is 65.7 Å². The highest BCUT2D eigenvalue weighted by atomic mass is 35.5. The third-order valence-electron chi connectivity index (χ3n) is 4.27. The number of carbonyl (C=O) groups excluding carboxylic acids is 1. The molecule has 0 aromatic heterocycles. The fraction of sp³-hybridized carbons (Fsp3) is 0.316. The zero-order valence-corrected chi connectivity index (χ0v) is 14.1. The number of benzene rings is 2. The third-order valence-corrected chi connectivity index (χ3v) is 4.27. The Morgan fingerprint density at radius 2 is 1.83 bits per heavy atom. The Labute approximate surface area is 143 Å². The second-order valence-corrected chi connectivity index (χ2v) is 6.16. The molecule has 1 amide bonds. The van der Waals surface area contributed by atoms with Crippen LogP contribution in [0.4, 0.5) is 5.69 Å². The molecule has 1 aliphatic rings. The summed E-state index contributed by atoms with van der Waals surface area (Å²) in [5.41, 5.74) is 9.52. The molecular formula is C19H23ClN2O. The summed E-state index contributed by atoms with van der Waals surface area (Å²) >= 11 is 0. The Morgan fingerprint density at radius 1 is 1.17 bits per heavy atom. The van der Waals surface area contributed by atoms with E-state index in [2.05, 4.69) is 13.0 Å². The van der Waals surface area contributed by atoms with E-state index in [-0.39, 0.29) is 24.4 Å². The van der Waals surface area contributed by atoms with Crippen molar-refractivity contribution in [1.29, 1.82) is 0 Å². The summed E-state index contributed by atoms with van der Waals surface area (Å²) in [6.45, 7) is 2.96. The van der Waals surface area contributed by atoms with Crippen LogP contribution in [-0.4, -0.2) is 12.5 Å². The quantitative estimate of drug-likeness (QED) is 0.932. The first-order valence-corrected chi connectivity index (χ1v) is 7.84. The SMILES string of the molecule is CC1Cc2ccccc2N(C(=O)CC(N)c2ccccc2)C1.Cl. The van der Waals surface area contributed by atoms with Gasteiger partial charge in [-0.25, -0.2) is 0 Å². The summed E-state index contributed by atoms with van der Waals surface area (Å²) in [6, 6.07) is 17.8. The van der Waals surface area contributed by atoms with E-state index in [1.807, 2.05) is 53.4 Å². The summed E-state index contributed by atoms with van der Waals surface area (Å²) in [5, 5.41) is 0. The van der Waals surface area contributed by atoms with Gasteiger partial charge in [-0.1, -0.05) is 55.5 Å². The molecule has 0 spiro atoms. The number of nitrogens with zero attached hydrogens (tertiary/aromatic N) is 1. The predicted molar refractivity (Wildman–Crippen MR) is 96.9 cm³/mol. The molecule has 0 fully saturated rings. The van der Waals surface area contributed by atoms with Crippen LogP contribution in [0.25, 0.3) is 0 Å². The van der Waals surface area contributed by atoms with E-state index in [0.29, 0.717) is 12.3 Å². The van der Waals surface area contributed by atoms with Crippen molar-refractivity contribution >= 4 is 24.0 Å². The van der Waals surface area contributed by atoms with Crippen molar-refractivity contribution < 1.29 is 4.79 Å². The minimum atomic E-state index is -0.252. The number of para-hydroxylation sites is 1. The minimum Gasteiger partial charge on any atom is -0.324 e. The first-order chi connectivity index (χ1) is 10.6. The molecule has 0 aliphatic carbocycles. The predicted octanol–water partition coefficient (Wildman–Crippen LogP) is 3.72. The summed E-state index contributed by atoms with van der Waals surface area (Å²) in [4.78, 5) is 14.6. The van der Waals surface area contributed by atoms with Crippen LogP contribution in [0.1, 0.15) is 30.5 Å². The monoisotopic (exact) mass is 330 g/mol. The molecule has 0 saturated carbocycles. The van der Waals surface area contributed by atoms with Crippen LogP contribution in [-0.2, 0) is 11.2 Å².